The summed E-state index contributed by atoms with van der Waals surface area (Å²) in [4.78, 5) is 46.3. The van der Waals surface area contributed by atoms with Crippen LogP contribution in [0.5, 0.6) is 5.75 Å². The lowest BCUT2D eigenvalue weighted by Gasteiger charge is -2.38. The average Bonchev–Trinajstić information content (AvgIpc) is 3.49. The highest BCUT2D eigenvalue weighted by Gasteiger charge is 2.71. The van der Waals surface area contributed by atoms with Gasteiger partial charge in [0.05, 0.1) is 29.2 Å². The second-order valence-corrected chi connectivity index (χ2v) is 11.7. The molecular weight excluding hydrogens is 583 g/mol. The molecule has 0 aromatic heterocycles. The molecular formula is C35H26Cl2N2O4. The Labute approximate surface area is 258 Å². The number of carbonyl (C=O) groups is 3. The average molecular weight is 610 g/mol. The Morgan fingerprint density at radius 1 is 0.907 bits per heavy atom. The van der Waals surface area contributed by atoms with Crippen LogP contribution >= 0.6 is 23.2 Å². The van der Waals surface area contributed by atoms with Crippen molar-refractivity contribution in [1.29, 1.82) is 0 Å². The van der Waals surface area contributed by atoms with E-state index >= 15 is 4.79 Å². The van der Waals surface area contributed by atoms with Gasteiger partial charge in [0, 0.05) is 22.5 Å². The van der Waals surface area contributed by atoms with Gasteiger partial charge >= 0.3 is 0 Å². The number of hydrogen-bond acceptors (Lipinski definition) is 5. The van der Waals surface area contributed by atoms with E-state index in [1.165, 1.54) is 6.07 Å². The number of hydrogen-bond donors (Lipinski definition) is 1. The van der Waals surface area contributed by atoms with Gasteiger partial charge < -0.3 is 15.0 Å². The molecule has 0 radical (unpaired) electrons. The topological polar surface area (TPSA) is 75.7 Å². The Kier molecular flexibility index (Phi) is 6.64. The van der Waals surface area contributed by atoms with Crippen molar-refractivity contribution in [2.75, 3.05) is 11.9 Å². The molecule has 0 saturated carbocycles. The first-order chi connectivity index (χ1) is 20.9. The third kappa shape index (κ3) is 3.97. The predicted molar refractivity (Wildman–Crippen MR) is 167 cm³/mol. The fourth-order valence-electron chi connectivity index (χ4n) is 7.14. The van der Waals surface area contributed by atoms with Crippen molar-refractivity contribution in [2.45, 2.75) is 24.4 Å². The zero-order valence-electron chi connectivity index (χ0n) is 23.1. The Balaban J connectivity index is 1.55. The molecule has 6 nitrogen and oxygen atoms in total. The molecule has 3 aliphatic heterocycles. The maximum atomic E-state index is 15.1. The summed E-state index contributed by atoms with van der Waals surface area (Å²) in [6.07, 6.45) is 3.75. The van der Waals surface area contributed by atoms with Gasteiger partial charge in [-0.1, -0.05) is 77.8 Å². The summed E-state index contributed by atoms with van der Waals surface area (Å²) in [6, 6.07) is 25.1. The van der Waals surface area contributed by atoms with Gasteiger partial charge in [0.1, 0.15) is 17.2 Å². The van der Waals surface area contributed by atoms with Crippen LogP contribution in [0.25, 0.3) is 6.08 Å². The van der Waals surface area contributed by atoms with Crippen LogP contribution in [-0.2, 0) is 10.2 Å². The van der Waals surface area contributed by atoms with E-state index in [4.69, 9.17) is 27.9 Å². The molecule has 0 aliphatic carbocycles. The van der Waals surface area contributed by atoms with Crippen LogP contribution in [-0.4, -0.2) is 35.0 Å². The minimum absolute atomic E-state index is 0.175. The summed E-state index contributed by atoms with van der Waals surface area (Å²) in [7, 11) is 0. The van der Waals surface area contributed by atoms with Crippen molar-refractivity contribution in [3.8, 4) is 5.75 Å². The lowest BCUT2D eigenvalue weighted by atomic mass is 9.62. The highest BCUT2D eigenvalue weighted by atomic mass is 35.5. The molecule has 8 heteroatoms. The molecule has 0 bridgehead atoms. The van der Waals surface area contributed by atoms with Gasteiger partial charge in [-0.2, -0.15) is 0 Å². The number of fused-ring (bicyclic) bond motifs is 6. The second-order valence-electron chi connectivity index (χ2n) is 10.9. The van der Waals surface area contributed by atoms with Crippen LogP contribution in [0.2, 0.25) is 10.0 Å². The number of anilines is 1. The SMILES string of the molecule is CCOc1ccccc1C(=O)[C@@H]1[C@H](C(=O)c2ccc(Cl)cc2Cl)N2C=Cc3ccccc3[C@H]2[C@]12C(=O)Nc1ccccc12. The number of halogens is 2. The molecule has 4 aromatic carbocycles. The first-order valence-corrected chi connectivity index (χ1v) is 14.8. The summed E-state index contributed by atoms with van der Waals surface area (Å²) >= 11 is 12.8. The van der Waals surface area contributed by atoms with Crippen molar-refractivity contribution in [3.05, 3.63) is 135 Å². The summed E-state index contributed by atoms with van der Waals surface area (Å²) in [6.45, 7) is 2.19. The summed E-state index contributed by atoms with van der Waals surface area (Å²) in [5.41, 5.74) is 2.14. The molecule has 1 amide bonds. The van der Waals surface area contributed by atoms with E-state index in [0.717, 1.165) is 11.1 Å². The number of rotatable bonds is 6. The largest absolute Gasteiger partial charge is 0.493 e. The third-order valence-electron chi connectivity index (χ3n) is 8.77. The molecule has 7 rings (SSSR count). The van der Waals surface area contributed by atoms with Crippen LogP contribution in [0.3, 0.4) is 0 Å². The standard InChI is InChI=1S/C35H26Cl2N2O4/c1-2-43-28-14-8-5-11-24(28)31(40)29-30(32(41)23-16-15-21(36)19-26(23)37)39-18-17-20-9-3-4-10-22(20)33(39)35(29)25-12-6-7-13-27(25)38-34(35)42/h3-19,29-30,33H,2H2,1H3,(H,38,42)/t29-,30+,33-,35+/m0/s1. The molecule has 3 aliphatic rings. The van der Waals surface area contributed by atoms with Crippen molar-refractivity contribution in [1.82, 2.24) is 4.90 Å². The van der Waals surface area contributed by atoms with Crippen LogP contribution < -0.4 is 10.1 Å². The van der Waals surface area contributed by atoms with Gasteiger partial charge in [0.2, 0.25) is 5.91 Å². The van der Waals surface area contributed by atoms with Crippen LogP contribution in [0.15, 0.2) is 97.2 Å². The fraction of sp³-hybridized carbons (Fsp3) is 0.171. The van der Waals surface area contributed by atoms with E-state index in [1.807, 2.05) is 72.6 Å². The minimum Gasteiger partial charge on any atom is -0.493 e. The summed E-state index contributed by atoms with van der Waals surface area (Å²) in [5.74, 6) is -1.82. The van der Waals surface area contributed by atoms with Gasteiger partial charge in [-0.25, -0.2) is 0 Å². The maximum Gasteiger partial charge on any atom is 0.238 e. The van der Waals surface area contributed by atoms with Gasteiger partial charge in [-0.15, -0.1) is 0 Å². The minimum atomic E-state index is -1.45. The van der Waals surface area contributed by atoms with Gasteiger partial charge in [0.25, 0.3) is 0 Å². The van der Waals surface area contributed by atoms with Crippen LogP contribution in [0.1, 0.15) is 50.4 Å². The molecule has 1 fully saturated rings. The molecule has 1 spiro atoms. The van der Waals surface area contributed by atoms with Crippen molar-refractivity contribution >= 4 is 52.4 Å². The second kappa shape index (κ2) is 10.4. The number of para-hydroxylation sites is 2. The van der Waals surface area contributed by atoms with E-state index in [2.05, 4.69) is 5.32 Å². The monoisotopic (exact) mass is 608 g/mol. The molecule has 4 aromatic rings. The number of carbonyl (C=O) groups excluding carboxylic acids is 3. The molecule has 1 saturated heterocycles. The molecule has 214 valence electrons. The number of ketones is 2. The number of Topliss-reactive ketones (excluding diaryl/α,β-unsaturated/α-hetero) is 2. The van der Waals surface area contributed by atoms with E-state index in [1.54, 1.807) is 36.4 Å². The Morgan fingerprint density at radius 2 is 1.65 bits per heavy atom. The van der Waals surface area contributed by atoms with Crippen molar-refractivity contribution in [3.63, 3.8) is 0 Å². The van der Waals surface area contributed by atoms with Gasteiger partial charge in [-0.05, 0) is 66.1 Å². The predicted octanol–water partition coefficient (Wildman–Crippen LogP) is 7.37. The van der Waals surface area contributed by atoms with Crippen molar-refractivity contribution < 1.29 is 19.1 Å². The normalized spacial score (nSPS) is 23.0. The highest BCUT2D eigenvalue weighted by Crippen LogP contribution is 2.62. The van der Waals surface area contributed by atoms with E-state index in [9.17, 15) is 9.59 Å². The number of benzene rings is 4. The van der Waals surface area contributed by atoms with Crippen LogP contribution in [0, 0.1) is 5.92 Å². The first kappa shape index (κ1) is 27.4. The van der Waals surface area contributed by atoms with Gasteiger partial charge in [0.15, 0.2) is 11.6 Å². The number of amides is 1. The molecule has 43 heavy (non-hydrogen) atoms. The summed E-state index contributed by atoms with van der Waals surface area (Å²) < 4.78 is 5.88. The van der Waals surface area contributed by atoms with Gasteiger partial charge in [-0.3, -0.25) is 14.4 Å². The highest BCUT2D eigenvalue weighted by molar-refractivity contribution is 6.37. The van der Waals surface area contributed by atoms with Crippen molar-refractivity contribution in [2.24, 2.45) is 5.92 Å². The maximum absolute atomic E-state index is 15.1. The Bertz CT molecular complexity index is 1850. The molecule has 4 atom stereocenters. The lowest BCUT2D eigenvalue weighted by molar-refractivity contribution is -0.122. The molecule has 3 heterocycles. The number of ether oxygens (including phenoxy) is 1. The Hall–Kier alpha value is -4.39. The third-order valence-corrected chi connectivity index (χ3v) is 9.32. The van der Waals surface area contributed by atoms with E-state index in [-0.39, 0.29) is 28.1 Å². The zero-order chi connectivity index (χ0) is 29.9. The number of nitrogens with one attached hydrogen (secondary N) is 1. The zero-order valence-corrected chi connectivity index (χ0v) is 24.6. The fourth-order valence-corrected chi connectivity index (χ4v) is 7.64. The molecule has 0 unspecified atom stereocenters. The number of nitrogens with zero attached hydrogens (tertiary/aromatic N) is 1. The Morgan fingerprint density at radius 3 is 2.47 bits per heavy atom. The quantitative estimate of drug-likeness (QED) is 0.231. The first-order valence-electron chi connectivity index (χ1n) is 14.1. The van der Waals surface area contributed by atoms with E-state index < -0.39 is 23.4 Å². The molecule has 1 N–H and O–H groups in total. The lowest BCUT2D eigenvalue weighted by Crippen LogP contribution is -2.49. The smallest absolute Gasteiger partial charge is 0.238 e. The van der Waals surface area contributed by atoms with Crippen LogP contribution in [0.4, 0.5) is 5.69 Å². The summed E-state index contributed by atoms with van der Waals surface area (Å²) in [5, 5.41) is 3.62. The van der Waals surface area contributed by atoms with E-state index in [0.29, 0.717) is 34.2 Å².